The highest BCUT2D eigenvalue weighted by Crippen LogP contribution is 2.32. The zero-order chi connectivity index (χ0) is 20.6. The summed E-state index contributed by atoms with van der Waals surface area (Å²) in [6, 6.07) is 7.27. The third kappa shape index (κ3) is 3.14. The lowest BCUT2D eigenvalue weighted by atomic mass is 9.98. The van der Waals surface area contributed by atoms with Gasteiger partial charge in [-0.15, -0.1) is 0 Å². The van der Waals surface area contributed by atoms with Crippen LogP contribution in [-0.4, -0.2) is 15.5 Å². The summed E-state index contributed by atoms with van der Waals surface area (Å²) in [4.78, 5) is 25.8. The van der Waals surface area contributed by atoms with Gasteiger partial charge >= 0.3 is 0 Å². The molecule has 3 aromatic rings. The van der Waals surface area contributed by atoms with Gasteiger partial charge in [0.05, 0.1) is 5.56 Å². The highest BCUT2D eigenvalue weighted by atomic mass is 79.9. The van der Waals surface area contributed by atoms with E-state index in [1.807, 2.05) is 19.1 Å². The number of aromatic nitrogens is 1. The highest BCUT2D eigenvalue weighted by Gasteiger charge is 2.28. The highest BCUT2D eigenvalue weighted by molar-refractivity contribution is 9.10. The molecule has 0 atom stereocenters. The Balaban J connectivity index is 2.26. The van der Waals surface area contributed by atoms with Crippen LogP contribution in [0.3, 0.4) is 0 Å². The first-order chi connectivity index (χ1) is 13.3. The molecule has 0 radical (unpaired) electrons. The van der Waals surface area contributed by atoms with Crippen LogP contribution in [0.1, 0.15) is 52.6 Å². The predicted octanol–water partition coefficient (Wildman–Crippen LogP) is 4.58. The number of hydrogen-bond donors (Lipinski definition) is 1. The van der Waals surface area contributed by atoms with Crippen molar-refractivity contribution in [3.8, 4) is 11.9 Å². The molecule has 1 aromatic carbocycles. The Morgan fingerprint density at radius 3 is 2.68 bits per heavy atom. The molecule has 2 aromatic heterocycles. The van der Waals surface area contributed by atoms with Gasteiger partial charge in [0.2, 0.25) is 11.7 Å². The number of pyridine rings is 1. The van der Waals surface area contributed by atoms with Gasteiger partial charge in [-0.2, -0.15) is 5.26 Å². The van der Waals surface area contributed by atoms with Crippen LogP contribution in [0.4, 0.5) is 0 Å². The van der Waals surface area contributed by atoms with Crippen LogP contribution in [0.2, 0.25) is 0 Å². The Labute approximate surface area is 170 Å². The summed E-state index contributed by atoms with van der Waals surface area (Å²) in [6.07, 6.45) is 1.43. The molecule has 0 aliphatic carbocycles. The number of nitrogens with zero attached hydrogens (tertiary/aromatic N) is 2. The molecule has 0 saturated heterocycles. The van der Waals surface area contributed by atoms with Crippen molar-refractivity contribution < 1.29 is 14.3 Å². The summed E-state index contributed by atoms with van der Waals surface area (Å²) in [6.45, 7) is 5.42. The van der Waals surface area contributed by atoms with E-state index < -0.39 is 17.2 Å². The van der Waals surface area contributed by atoms with Gasteiger partial charge in [-0.05, 0) is 44.0 Å². The minimum atomic E-state index is -0.590. The predicted molar refractivity (Wildman–Crippen MR) is 109 cm³/mol. The minimum absolute atomic E-state index is 0.0755. The smallest absolute Gasteiger partial charge is 0.271 e. The third-order valence-corrected chi connectivity index (χ3v) is 5.36. The maximum absolute atomic E-state index is 13.3. The Kier molecular flexibility index (Phi) is 5.43. The molecule has 144 valence electrons. The van der Waals surface area contributed by atoms with E-state index in [4.69, 9.17) is 4.42 Å². The Morgan fingerprint density at radius 2 is 2.04 bits per heavy atom. The zero-order valence-electron chi connectivity index (χ0n) is 15.8. The van der Waals surface area contributed by atoms with Crippen molar-refractivity contribution in [1.29, 1.82) is 5.26 Å². The van der Waals surface area contributed by atoms with Gasteiger partial charge in [-0.1, -0.05) is 29.3 Å². The van der Waals surface area contributed by atoms with E-state index >= 15 is 0 Å². The summed E-state index contributed by atoms with van der Waals surface area (Å²) in [7, 11) is 0. The summed E-state index contributed by atoms with van der Waals surface area (Å²) >= 11 is 3.40. The maximum Gasteiger partial charge on any atom is 0.271 e. The molecule has 0 bridgehead atoms. The van der Waals surface area contributed by atoms with Crippen LogP contribution in [0.25, 0.3) is 11.0 Å². The van der Waals surface area contributed by atoms with Crippen molar-refractivity contribution in [3.05, 3.63) is 61.0 Å². The summed E-state index contributed by atoms with van der Waals surface area (Å²) in [5.74, 6) is -0.904. The van der Waals surface area contributed by atoms with Crippen molar-refractivity contribution in [2.75, 3.05) is 0 Å². The van der Waals surface area contributed by atoms with E-state index in [0.29, 0.717) is 17.6 Å². The number of nitriles is 1. The van der Waals surface area contributed by atoms with Gasteiger partial charge < -0.3 is 9.52 Å². The minimum Gasteiger partial charge on any atom is -0.494 e. The number of aryl methyl sites for hydroxylation is 1. The first-order valence-electron chi connectivity index (χ1n) is 8.91. The summed E-state index contributed by atoms with van der Waals surface area (Å²) in [5.41, 5.74) is 0.518. The summed E-state index contributed by atoms with van der Waals surface area (Å²) < 4.78 is 7.70. The van der Waals surface area contributed by atoms with Gasteiger partial charge in [-0.3, -0.25) is 14.2 Å². The molecule has 6 nitrogen and oxygen atoms in total. The SMILES string of the molecule is CCCCn1c(O)c(C(=O)c2oc3ccc(Br)cc3c2C)c(C)c(C#N)c1=O. The van der Waals surface area contributed by atoms with Gasteiger partial charge in [0.1, 0.15) is 17.2 Å². The number of aromatic hydroxyl groups is 1. The molecular weight excluding hydrogens is 424 g/mol. The van der Waals surface area contributed by atoms with Crippen molar-refractivity contribution in [2.24, 2.45) is 0 Å². The monoisotopic (exact) mass is 442 g/mol. The van der Waals surface area contributed by atoms with Crippen LogP contribution in [0.15, 0.2) is 31.9 Å². The number of benzene rings is 1. The quantitative estimate of drug-likeness (QED) is 0.583. The Hall–Kier alpha value is -2.85. The van der Waals surface area contributed by atoms with Crippen LogP contribution in [0.5, 0.6) is 5.88 Å². The number of rotatable bonds is 5. The normalized spacial score (nSPS) is 11.0. The lowest BCUT2D eigenvalue weighted by Crippen LogP contribution is -2.27. The largest absolute Gasteiger partial charge is 0.494 e. The number of carbonyl (C=O) groups excluding carboxylic acids is 1. The second-order valence-corrected chi connectivity index (χ2v) is 7.56. The molecule has 0 fully saturated rings. The average molecular weight is 443 g/mol. The molecule has 7 heteroatoms. The van der Waals surface area contributed by atoms with Crippen molar-refractivity contribution in [1.82, 2.24) is 4.57 Å². The lowest BCUT2D eigenvalue weighted by molar-refractivity contribution is 0.100. The molecule has 1 N–H and O–H groups in total. The molecule has 0 aliphatic heterocycles. The standard InChI is InChI=1S/C21H19BrN2O4/c1-4-5-8-24-20(26)15(10-23)11(2)17(21(24)27)18(25)19-12(3)14-9-13(22)6-7-16(14)28-19/h6-7,9,27H,4-5,8H2,1-3H3. The third-order valence-electron chi connectivity index (χ3n) is 4.87. The zero-order valence-corrected chi connectivity index (χ0v) is 17.4. The van der Waals surface area contributed by atoms with Gasteiger partial charge in [-0.25, -0.2) is 0 Å². The first kappa shape index (κ1) is 19.9. The lowest BCUT2D eigenvalue weighted by Gasteiger charge is -2.14. The summed E-state index contributed by atoms with van der Waals surface area (Å²) in [5, 5.41) is 20.9. The Morgan fingerprint density at radius 1 is 1.32 bits per heavy atom. The maximum atomic E-state index is 13.3. The molecule has 0 saturated carbocycles. The number of unbranched alkanes of at least 4 members (excludes halogenated alkanes) is 1. The molecule has 0 unspecified atom stereocenters. The molecule has 2 heterocycles. The number of halogens is 1. The van der Waals surface area contributed by atoms with Crippen molar-refractivity contribution >= 4 is 32.7 Å². The van der Waals surface area contributed by atoms with E-state index in [1.54, 1.807) is 19.1 Å². The second-order valence-electron chi connectivity index (χ2n) is 6.65. The van der Waals surface area contributed by atoms with Crippen LogP contribution >= 0.6 is 15.9 Å². The molecule has 3 rings (SSSR count). The van der Waals surface area contributed by atoms with Gasteiger partial charge in [0, 0.05) is 22.0 Å². The molecule has 0 aliphatic rings. The van der Waals surface area contributed by atoms with E-state index in [-0.39, 0.29) is 29.0 Å². The Bertz CT molecular complexity index is 1200. The van der Waals surface area contributed by atoms with Crippen LogP contribution < -0.4 is 5.56 Å². The van der Waals surface area contributed by atoms with Crippen molar-refractivity contribution in [3.63, 3.8) is 0 Å². The van der Waals surface area contributed by atoms with Crippen molar-refractivity contribution in [2.45, 2.75) is 40.2 Å². The van der Waals surface area contributed by atoms with E-state index in [0.717, 1.165) is 20.8 Å². The van der Waals surface area contributed by atoms with Crippen LogP contribution in [0, 0.1) is 25.2 Å². The second kappa shape index (κ2) is 7.64. The molecule has 28 heavy (non-hydrogen) atoms. The van der Waals surface area contributed by atoms with E-state index in [9.17, 15) is 20.0 Å². The van der Waals surface area contributed by atoms with E-state index in [2.05, 4.69) is 15.9 Å². The van der Waals surface area contributed by atoms with Gasteiger partial charge in [0.15, 0.2) is 5.76 Å². The first-order valence-corrected chi connectivity index (χ1v) is 9.70. The van der Waals surface area contributed by atoms with E-state index in [1.165, 1.54) is 6.92 Å². The number of hydrogen-bond acceptors (Lipinski definition) is 5. The number of fused-ring (bicyclic) bond motifs is 1. The average Bonchev–Trinajstić information content (AvgIpc) is 2.98. The fourth-order valence-electron chi connectivity index (χ4n) is 3.27. The fraction of sp³-hybridized carbons (Fsp3) is 0.286. The molecule has 0 amide bonds. The number of ketones is 1. The number of furan rings is 1. The number of carbonyl (C=O) groups is 1. The van der Waals surface area contributed by atoms with Gasteiger partial charge in [0.25, 0.3) is 5.56 Å². The fourth-order valence-corrected chi connectivity index (χ4v) is 3.63. The van der Waals surface area contributed by atoms with Crippen LogP contribution in [-0.2, 0) is 6.54 Å². The molecule has 0 spiro atoms. The molecular formula is C21H19BrN2O4. The topological polar surface area (TPSA) is 96.2 Å².